The fraction of sp³-hybridized carbons (Fsp3) is 0.316. The lowest BCUT2D eigenvalue weighted by molar-refractivity contribution is 0.102. The molecule has 2 aromatic rings. The van der Waals surface area contributed by atoms with Crippen LogP contribution in [0.15, 0.2) is 30.3 Å². The molecule has 8 heteroatoms. The lowest BCUT2D eigenvalue weighted by Crippen LogP contribution is -2.32. The summed E-state index contributed by atoms with van der Waals surface area (Å²) in [5.41, 5.74) is 2.03. The van der Waals surface area contributed by atoms with Gasteiger partial charge < -0.3 is 19.7 Å². The Kier molecular flexibility index (Phi) is 5.57. The molecule has 1 fully saturated rings. The van der Waals surface area contributed by atoms with Gasteiger partial charge in [-0.25, -0.2) is 0 Å². The average Bonchev–Trinajstić information content (AvgIpc) is 2.69. The highest BCUT2D eigenvalue weighted by Crippen LogP contribution is 2.38. The van der Waals surface area contributed by atoms with Crippen LogP contribution in [-0.2, 0) is 0 Å². The number of hydrogen-bond donors (Lipinski definition) is 1. The second-order valence-corrected chi connectivity index (χ2v) is 8.24. The molecule has 1 saturated heterocycles. The lowest BCUT2D eigenvalue weighted by Gasteiger charge is -2.29. The Morgan fingerprint density at radius 2 is 1.81 bits per heavy atom. The van der Waals surface area contributed by atoms with Crippen molar-refractivity contribution in [2.24, 2.45) is 0 Å². The molecule has 4 rings (SSSR count). The number of halogens is 2. The number of carbonyl (C=O) groups excluding carboxylic acids is 1. The SMILES string of the molecule is O=C(Nc1ccc(N2CCSCC2)c(Cl)c1)c1cc(Cl)c2c(c1)OCCO2. The minimum Gasteiger partial charge on any atom is -0.486 e. The zero-order valence-electron chi connectivity index (χ0n) is 14.5. The Labute approximate surface area is 171 Å². The average molecular weight is 425 g/mol. The first-order chi connectivity index (χ1) is 13.1. The summed E-state index contributed by atoms with van der Waals surface area (Å²) in [4.78, 5) is 14.9. The molecule has 0 atom stereocenters. The molecule has 0 saturated carbocycles. The molecule has 5 nitrogen and oxygen atoms in total. The highest BCUT2D eigenvalue weighted by atomic mass is 35.5. The highest BCUT2D eigenvalue weighted by Gasteiger charge is 2.20. The van der Waals surface area contributed by atoms with Gasteiger partial charge in [0, 0.05) is 35.8 Å². The zero-order valence-corrected chi connectivity index (χ0v) is 16.8. The smallest absolute Gasteiger partial charge is 0.255 e. The number of nitrogens with zero attached hydrogens (tertiary/aromatic N) is 1. The second kappa shape index (κ2) is 8.09. The predicted molar refractivity (Wildman–Crippen MR) is 111 cm³/mol. The quantitative estimate of drug-likeness (QED) is 0.781. The molecule has 2 aliphatic heterocycles. The van der Waals surface area contributed by atoms with Gasteiger partial charge in [-0.3, -0.25) is 4.79 Å². The number of nitrogens with one attached hydrogen (secondary N) is 1. The Morgan fingerprint density at radius 1 is 1.04 bits per heavy atom. The van der Waals surface area contributed by atoms with Crippen molar-refractivity contribution >= 4 is 52.2 Å². The number of rotatable bonds is 3. The molecule has 0 radical (unpaired) electrons. The normalized spacial score (nSPS) is 16.1. The van der Waals surface area contributed by atoms with Gasteiger partial charge in [-0.15, -0.1) is 0 Å². The molecule has 1 amide bonds. The number of fused-ring (bicyclic) bond motifs is 1. The first-order valence-corrected chi connectivity index (χ1v) is 10.6. The number of carbonyl (C=O) groups is 1. The lowest BCUT2D eigenvalue weighted by atomic mass is 10.1. The van der Waals surface area contributed by atoms with Crippen molar-refractivity contribution in [3.8, 4) is 11.5 Å². The monoisotopic (exact) mass is 424 g/mol. The summed E-state index contributed by atoms with van der Waals surface area (Å²) in [6.07, 6.45) is 0. The summed E-state index contributed by atoms with van der Waals surface area (Å²) in [5, 5.41) is 3.84. The van der Waals surface area contributed by atoms with E-state index in [2.05, 4.69) is 10.2 Å². The van der Waals surface area contributed by atoms with Crippen LogP contribution in [-0.4, -0.2) is 43.7 Å². The molecule has 2 heterocycles. The van der Waals surface area contributed by atoms with E-state index in [0.29, 0.717) is 46.0 Å². The van der Waals surface area contributed by atoms with Gasteiger partial charge in [0.2, 0.25) is 0 Å². The summed E-state index contributed by atoms with van der Waals surface area (Å²) < 4.78 is 11.0. The minimum absolute atomic E-state index is 0.285. The first kappa shape index (κ1) is 18.6. The van der Waals surface area contributed by atoms with Gasteiger partial charge >= 0.3 is 0 Å². The number of thioether (sulfide) groups is 1. The van der Waals surface area contributed by atoms with Gasteiger partial charge in [-0.2, -0.15) is 11.8 Å². The Morgan fingerprint density at radius 3 is 2.59 bits per heavy atom. The molecule has 2 aliphatic rings. The fourth-order valence-corrected chi connectivity index (χ4v) is 4.56. The van der Waals surface area contributed by atoms with Crippen molar-refractivity contribution in [3.05, 3.63) is 45.9 Å². The van der Waals surface area contributed by atoms with E-state index in [1.165, 1.54) is 0 Å². The van der Waals surface area contributed by atoms with Crippen LogP contribution in [0.5, 0.6) is 11.5 Å². The van der Waals surface area contributed by atoms with Gasteiger partial charge in [0.1, 0.15) is 13.2 Å². The standard InChI is InChI=1S/C19H18Cl2N2O3S/c20-14-11-13(1-2-16(14)23-3-7-27-8-4-23)22-19(24)12-9-15(21)18-17(10-12)25-5-6-26-18/h1-2,9-11H,3-8H2,(H,22,24). The Balaban J connectivity index is 1.51. The third-order valence-electron chi connectivity index (χ3n) is 4.42. The van der Waals surface area contributed by atoms with Crippen molar-refractivity contribution in [3.63, 3.8) is 0 Å². The van der Waals surface area contributed by atoms with Crippen LogP contribution in [0.4, 0.5) is 11.4 Å². The van der Waals surface area contributed by atoms with Crippen molar-refractivity contribution in [1.82, 2.24) is 0 Å². The largest absolute Gasteiger partial charge is 0.486 e. The van der Waals surface area contributed by atoms with Crippen LogP contribution >= 0.6 is 35.0 Å². The maximum atomic E-state index is 12.6. The van der Waals surface area contributed by atoms with E-state index < -0.39 is 0 Å². The molecule has 0 bridgehead atoms. The van der Waals surface area contributed by atoms with Gasteiger partial charge in [-0.1, -0.05) is 23.2 Å². The maximum absolute atomic E-state index is 12.6. The van der Waals surface area contributed by atoms with E-state index in [9.17, 15) is 4.79 Å². The number of amides is 1. The first-order valence-electron chi connectivity index (χ1n) is 8.64. The van der Waals surface area contributed by atoms with Crippen LogP contribution < -0.4 is 19.7 Å². The highest BCUT2D eigenvalue weighted by molar-refractivity contribution is 7.99. The number of hydrogen-bond acceptors (Lipinski definition) is 5. The van der Waals surface area contributed by atoms with Crippen molar-refractivity contribution in [2.45, 2.75) is 0 Å². The second-order valence-electron chi connectivity index (χ2n) is 6.20. The van der Waals surface area contributed by atoms with E-state index in [-0.39, 0.29) is 5.91 Å². The molecular weight excluding hydrogens is 407 g/mol. The Bertz CT molecular complexity index is 872. The van der Waals surface area contributed by atoms with Gasteiger partial charge in [0.25, 0.3) is 5.91 Å². The Hall–Kier alpha value is -1.76. The summed E-state index contributed by atoms with van der Waals surface area (Å²) in [7, 11) is 0. The van der Waals surface area contributed by atoms with E-state index in [1.807, 2.05) is 23.9 Å². The van der Waals surface area contributed by atoms with Crippen molar-refractivity contribution < 1.29 is 14.3 Å². The van der Waals surface area contributed by atoms with Crippen molar-refractivity contribution in [2.75, 3.05) is 48.0 Å². The topological polar surface area (TPSA) is 50.8 Å². The third kappa shape index (κ3) is 4.08. The van der Waals surface area contributed by atoms with E-state index >= 15 is 0 Å². The van der Waals surface area contributed by atoms with Crippen LogP contribution in [0.3, 0.4) is 0 Å². The minimum atomic E-state index is -0.285. The third-order valence-corrected chi connectivity index (χ3v) is 5.94. The molecule has 0 aromatic heterocycles. The maximum Gasteiger partial charge on any atom is 0.255 e. The number of anilines is 2. The molecule has 0 unspecified atom stereocenters. The summed E-state index contributed by atoms with van der Waals surface area (Å²) in [6, 6.07) is 8.80. The predicted octanol–water partition coefficient (Wildman–Crippen LogP) is 4.57. The van der Waals surface area contributed by atoms with Gasteiger partial charge in [0.05, 0.1) is 15.7 Å². The van der Waals surface area contributed by atoms with Gasteiger partial charge in [0.15, 0.2) is 11.5 Å². The number of ether oxygens (including phenoxy) is 2. The van der Waals surface area contributed by atoms with Crippen LogP contribution in [0.2, 0.25) is 10.0 Å². The molecule has 0 aliphatic carbocycles. The molecular formula is C19H18Cl2N2O3S. The molecule has 27 heavy (non-hydrogen) atoms. The van der Waals surface area contributed by atoms with Crippen molar-refractivity contribution in [1.29, 1.82) is 0 Å². The number of benzene rings is 2. The van der Waals surface area contributed by atoms with E-state index in [1.54, 1.807) is 18.2 Å². The van der Waals surface area contributed by atoms with Gasteiger partial charge in [-0.05, 0) is 30.3 Å². The van der Waals surface area contributed by atoms with E-state index in [4.69, 9.17) is 32.7 Å². The van der Waals surface area contributed by atoms with E-state index in [0.717, 1.165) is 30.3 Å². The molecule has 142 valence electrons. The summed E-state index contributed by atoms with van der Waals surface area (Å²) >= 11 is 14.6. The van der Waals surface area contributed by atoms with Crippen LogP contribution in [0.25, 0.3) is 0 Å². The molecule has 2 aromatic carbocycles. The zero-order chi connectivity index (χ0) is 18.8. The van der Waals surface area contributed by atoms with Crippen LogP contribution in [0.1, 0.15) is 10.4 Å². The summed E-state index contributed by atoms with van der Waals surface area (Å²) in [5.74, 6) is 2.87. The molecule has 0 spiro atoms. The van der Waals surface area contributed by atoms with Crippen LogP contribution in [0, 0.1) is 0 Å². The summed E-state index contributed by atoms with van der Waals surface area (Å²) in [6.45, 7) is 2.83. The molecule has 1 N–H and O–H groups in total. The fourth-order valence-electron chi connectivity index (χ4n) is 3.09.